The van der Waals surface area contributed by atoms with Crippen molar-refractivity contribution in [2.75, 3.05) is 27.9 Å². The van der Waals surface area contributed by atoms with Gasteiger partial charge in [0.1, 0.15) is 11.6 Å². The van der Waals surface area contributed by atoms with Crippen LogP contribution in [0.4, 0.5) is 5.69 Å². The maximum absolute atomic E-state index is 11.7. The Bertz CT molecular complexity index is 1430. The average molecular weight is 509 g/mol. The van der Waals surface area contributed by atoms with Crippen molar-refractivity contribution in [3.8, 4) is 52.0 Å². The summed E-state index contributed by atoms with van der Waals surface area (Å²) < 4.78 is 27.4. The van der Waals surface area contributed by atoms with E-state index in [-0.39, 0.29) is 35.3 Å². The normalized spacial score (nSPS) is 14.3. The number of nitro benzene ring substituents is 1. The molecule has 0 aliphatic carbocycles. The highest BCUT2D eigenvalue weighted by Crippen LogP contribution is 2.50. The van der Waals surface area contributed by atoms with Crippen LogP contribution in [-0.4, -0.2) is 48.2 Å². The van der Waals surface area contributed by atoms with Crippen molar-refractivity contribution in [2.45, 2.75) is 12.8 Å². The lowest BCUT2D eigenvalue weighted by atomic mass is 9.82. The first-order valence-corrected chi connectivity index (χ1v) is 10.9. The Morgan fingerprint density at radius 2 is 1.86 bits per heavy atom. The smallest absolute Gasteiger partial charge is 0.314 e. The SMILES string of the molecule is CCOc1cc([C@H]2C(C#N)=C(N)Oc3n[nH]c(-c4cc(OC)c(OC)c(OC)c4)c32)cc([N+](=O)[O-])c1O. The summed E-state index contributed by atoms with van der Waals surface area (Å²) in [7, 11) is 4.41. The van der Waals surface area contributed by atoms with Crippen LogP contribution in [-0.2, 0) is 0 Å². The summed E-state index contributed by atoms with van der Waals surface area (Å²) in [6.07, 6.45) is 0. The molecule has 1 atom stereocenters. The summed E-state index contributed by atoms with van der Waals surface area (Å²) in [5.41, 5.74) is 7.02. The fourth-order valence-corrected chi connectivity index (χ4v) is 4.21. The van der Waals surface area contributed by atoms with E-state index in [0.717, 1.165) is 6.07 Å². The standard InChI is InChI=1S/C24H23N5O8/c1-5-36-15-7-11(6-14(21(15)30)29(31)32)18-13(10-25)23(26)37-24-19(18)20(27-28-24)12-8-16(33-2)22(35-4)17(9-12)34-3/h6-9,18,30H,5,26H2,1-4H3,(H,27,28)/t18-/m0/s1. The highest BCUT2D eigenvalue weighted by Gasteiger charge is 2.38. The zero-order chi connectivity index (χ0) is 26.9. The zero-order valence-electron chi connectivity index (χ0n) is 20.3. The molecule has 4 rings (SSSR count). The van der Waals surface area contributed by atoms with E-state index in [1.165, 1.54) is 27.4 Å². The molecule has 0 bridgehead atoms. The molecule has 0 saturated carbocycles. The van der Waals surface area contributed by atoms with Crippen molar-refractivity contribution in [1.29, 1.82) is 5.26 Å². The van der Waals surface area contributed by atoms with Crippen LogP contribution in [0.1, 0.15) is 24.0 Å². The molecule has 2 aromatic carbocycles. The summed E-state index contributed by atoms with van der Waals surface area (Å²) in [6.45, 7) is 1.81. The molecule has 13 heteroatoms. The lowest BCUT2D eigenvalue weighted by Gasteiger charge is -2.25. The van der Waals surface area contributed by atoms with Gasteiger partial charge in [0.05, 0.1) is 50.0 Å². The van der Waals surface area contributed by atoms with Crippen molar-refractivity contribution in [3.05, 3.63) is 57.0 Å². The van der Waals surface area contributed by atoms with Crippen LogP contribution < -0.4 is 29.4 Å². The van der Waals surface area contributed by atoms with Gasteiger partial charge in [0, 0.05) is 11.6 Å². The van der Waals surface area contributed by atoms with Crippen molar-refractivity contribution >= 4 is 5.69 Å². The Kier molecular flexibility index (Phi) is 6.66. The number of nitrogens with one attached hydrogen (secondary N) is 1. The number of nitrogens with zero attached hydrogens (tertiary/aromatic N) is 3. The first-order chi connectivity index (χ1) is 17.8. The van der Waals surface area contributed by atoms with E-state index < -0.39 is 22.3 Å². The lowest BCUT2D eigenvalue weighted by molar-refractivity contribution is -0.386. The number of nitriles is 1. The molecule has 0 saturated heterocycles. The van der Waals surface area contributed by atoms with E-state index in [9.17, 15) is 20.5 Å². The Morgan fingerprint density at radius 3 is 2.41 bits per heavy atom. The topological polar surface area (TPSA) is 188 Å². The number of phenolic OH excluding ortho intramolecular Hbond substituents is 1. The molecule has 0 radical (unpaired) electrons. The second-order valence-corrected chi connectivity index (χ2v) is 7.73. The number of nitro groups is 1. The first kappa shape index (κ1) is 25.0. The molecule has 1 aliphatic rings. The van der Waals surface area contributed by atoms with Gasteiger partial charge in [0.2, 0.25) is 23.3 Å². The third-order valence-corrected chi connectivity index (χ3v) is 5.80. The van der Waals surface area contributed by atoms with Gasteiger partial charge < -0.3 is 34.5 Å². The predicted molar refractivity (Wildman–Crippen MR) is 129 cm³/mol. The number of fused-ring (bicyclic) bond motifs is 1. The van der Waals surface area contributed by atoms with E-state index in [0.29, 0.717) is 34.1 Å². The second-order valence-electron chi connectivity index (χ2n) is 7.73. The van der Waals surface area contributed by atoms with E-state index >= 15 is 0 Å². The molecule has 3 aromatic rings. The minimum absolute atomic E-state index is 0.00923. The molecule has 1 aromatic heterocycles. The number of aromatic nitrogens is 2. The molecule has 2 heterocycles. The van der Waals surface area contributed by atoms with Gasteiger partial charge in [-0.15, -0.1) is 5.10 Å². The van der Waals surface area contributed by atoms with Gasteiger partial charge >= 0.3 is 5.69 Å². The van der Waals surface area contributed by atoms with E-state index in [1.807, 2.05) is 6.07 Å². The molecule has 0 amide bonds. The third-order valence-electron chi connectivity index (χ3n) is 5.80. The Balaban J connectivity index is 2.01. The molecule has 13 nitrogen and oxygen atoms in total. The minimum atomic E-state index is -0.958. The highest BCUT2D eigenvalue weighted by molar-refractivity contribution is 5.75. The largest absolute Gasteiger partial charge is 0.500 e. The molecule has 0 fully saturated rings. The summed E-state index contributed by atoms with van der Waals surface area (Å²) in [5.74, 6) is -0.752. The van der Waals surface area contributed by atoms with E-state index in [4.69, 9.17) is 29.4 Å². The van der Waals surface area contributed by atoms with Crippen LogP contribution in [0.15, 0.2) is 35.7 Å². The first-order valence-electron chi connectivity index (χ1n) is 10.9. The number of ether oxygens (including phenoxy) is 5. The number of aromatic hydroxyl groups is 1. The average Bonchev–Trinajstić information content (AvgIpc) is 3.31. The van der Waals surface area contributed by atoms with E-state index in [1.54, 1.807) is 19.1 Å². The van der Waals surface area contributed by atoms with Gasteiger partial charge in [-0.3, -0.25) is 15.2 Å². The molecular formula is C24H23N5O8. The maximum atomic E-state index is 11.7. The second kappa shape index (κ2) is 9.86. The minimum Gasteiger partial charge on any atom is -0.500 e. The number of nitrogens with two attached hydrogens (primary N) is 1. The predicted octanol–water partition coefficient (Wildman–Crippen LogP) is 3.33. The fourth-order valence-electron chi connectivity index (χ4n) is 4.21. The van der Waals surface area contributed by atoms with Crippen molar-refractivity contribution < 1.29 is 33.7 Å². The van der Waals surface area contributed by atoms with Crippen LogP contribution in [0.25, 0.3) is 11.3 Å². The van der Waals surface area contributed by atoms with Crippen molar-refractivity contribution in [2.24, 2.45) is 5.73 Å². The number of aromatic amines is 1. The Morgan fingerprint density at radius 1 is 1.19 bits per heavy atom. The summed E-state index contributed by atoms with van der Waals surface area (Å²) in [5, 5.41) is 39.2. The Labute approximate surface area is 210 Å². The van der Waals surface area contributed by atoms with Crippen molar-refractivity contribution in [3.63, 3.8) is 0 Å². The molecule has 1 aliphatic heterocycles. The van der Waals surface area contributed by atoms with Gasteiger partial charge in [-0.05, 0) is 30.7 Å². The number of hydrogen-bond donors (Lipinski definition) is 3. The van der Waals surface area contributed by atoms with Crippen LogP contribution >= 0.6 is 0 Å². The fraction of sp³-hybridized carbons (Fsp3) is 0.250. The number of H-pyrrole nitrogens is 1. The van der Waals surface area contributed by atoms with Gasteiger partial charge in [-0.2, -0.15) is 5.26 Å². The molecule has 0 unspecified atom stereocenters. The number of hydrogen-bond acceptors (Lipinski definition) is 11. The van der Waals surface area contributed by atoms with Crippen molar-refractivity contribution in [1.82, 2.24) is 10.2 Å². The molecule has 0 spiro atoms. The zero-order valence-corrected chi connectivity index (χ0v) is 20.3. The van der Waals surface area contributed by atoms with Gasteiger partial charge in [0.25, 0.3) is 0 Å². The van der Waals surface area contributed by atoms with Crippen LogP contribution in [0.5, 0.6) is 34.6 Å². The number of rotatable bonds is 8. The molecule has 37 heavy (non-hydrogen) atoms. The van der Waals surface area contributed by atoms with E-state index in [2.05, 4.69) is 10.2 Å². The molecule has 4 N–H and O–H groups in total. The highest BCUT2D eigenvalue weighted by atomic mass is 16.6. The van der Waals surface area contributed by atoms with Gasteiger partial charge in [0.15, 0.2) is 17.2 Å². The summed E-state index contributed by atoms with van der Waals surface area (Å²) in [6, 6.07) is 7.96. The third kappa shape index (κ3) is 4.14. The van der Waals surface area contributed by atoms with Crippen LogP contribution in [0, 0.1) is 21.4 Å². The summed E-state index contributed by atoms with van der Waals surface area (Å²) >= 11 is 0. The number of phenols is 1. The van der Waals surface area contributed by atoms with Crippen LogP contribution in [0.2, 0.25) is 0 Å². The molecular weight excluding hydrogens is 486 g/mol. The lowest BCUT2D eigenvalue weighted by Crippen LogP contribution is -2.21. The quantitative estimate of drug-likeness (QED) is 0.298. The monoisotopic (exact) mass is 509 g/mol. The number of benzene rings is 2. The maximum Gasteiger partial charge on any atom is 0.314 e. The Hall–Kier alpha value is -5.12. The van der Waals surface area contributed by atoms with Gasteiger partial charge in [-0.1, -0.05) is 0 Å². The summed E-state index contributed by atoms with van der Waals surface area (Å²) in [4.78, 5) is 11.0. The molecule has 192 valence electrons. The number of allylic oxidation sites excluding steroid dienone is 1. The van der Waals surface area contributed by atoms with Gasteiger partial charge in [-0.25, -0.2) is 0 Å². The van der Waals surface area contributed by atoms with Crippen LogP contribution in [0.3, 0.4) is 0 Å². The number of methoxy groups -OCH3 is 3.